The van der Waals surface area contributed by atoms with Gasteiger partial charge in [0.25, 0.3) is 5.91 Å². The molecule has 1 unspecified atom stereocenters. The van der Waals surface area contributed by atoms with Crippen molar-refractivity contribution in [1.82, 2.24) is 9.80 Å². The van der Waals surface area contributed by atoms with Crippen LogP contribution in [-0.4, -0.2) is 54.8 Å². The molecule has 0 saturated carbocycles. The summed E-state index contributed by atoms with van der Waals surface area (Å²) < 4.78 is 32.6. The zero-order chi connectivity index (χ0) is 20.1. The number of halogens is 2. The van der Waals surface area contributed by atoms with E-state index in [2.05, 4.69) is 4.90 Å². The lowest BCUT2D eigenvalue weighted by atomic mass is 10.1. The topological polar surface area (TPSA) is 49.9 Å². The first-order valence-corrected chi connectivity index (χ1v) is 9.13. The van der Waals surface area contributed by atoms with Gasteiger partial charge in [-0.05, 0) is 25.1 Å². The second kappa shape index (κ2) is 8.93. The molecule has 28 heavy (non-hydrogen) atoms. The summed E-state index contributed by atoms with van der Waals surface area (Å²) in [5.74, 6) is -0.945. The fourth-order valence-corrected chi connectivity index (χ4v) is 3.34. The van der Waals surface area contributed by atoms with Gasteiger partial charge in [-0.3, -0.25) is 14.5 Å². The average Bonchev–Trinajstić information content (AvgIpc) is 2.72. The number of para-hydroxylation sites is 1. The van der Waals surface area contributed by atoms with Gasteiger partial charge in [-0.25, -0.2) is 8.78 Å². The van der Waals surface area contributed by atoms with Gasteiger partial charge >= 0.3 is 0 Å². The molecule has 0 bridgehead atoms. The van der Waals surface area contributed by atoms with Crippen molar-refractivity contribution in [2.75, 3.05) is 32.8 Å². The van der Waals surface area contributed by atoms with Gasteiger partial charge in [-0.2, -0.15) is 0 Å². The number of ether oxygens (including phenoxy) is 1. The summed E-state index contributed by atoms with van der Waals surface area (Å²) in [5.41, 5.74) is 0.838. The van der Waals surface area contributed by atoms with Gasteiger partial charge in [0.2, 0.25) is 0 Å². The van der Waals surface area contributed by atoms with Crippen LogP contribution < -0.4 is 4.74 Å². The van der Waals surface area contributed by atoms with Gasteiger partial charge in [0.15, 0.2) is 12.9 Å². The van der Waals surface area contributed by atoms with E-state index >= 15 is 0 Å². The largest absolute Gasteiger partial charge is 0.483 e. The van der Waals surface area contributed by atoms with Crippen molar-refractivity contribution >= 4 is 12.2 Å². The van der Waals surface area contributed by atoms with Crippen LogP contribution in [-0.2, 0) is 4.79 Å². The molecule has 5 nitrogen and oxygen atoms in total. The van der Waals surface area contributed by atoms with E-state index in [-0.39, 0.29) is 18.6 Å². The Labute approximate surface area is 162 Å². The predicted octanol–water partition coefficient (Wildman–Crippen LogP) is 3.06. The highest BCUT2D eigenvalue weighted by Crippen LogP contribution is 2.25. The van der Waals surface area contributed by atoms with Crippen molar-refractivity contribution < 1.29 is 23.1 Å². The summed E-state index contributed by atoms with van der Waals surface area (Å²) in [6, 6.07) is 10.1. The first-order chi connectivity index (χ1) is 13.5. The number of rotatable bonds is 6. The molecule has 7 heteroatoms. The zero-order valence-electron chi connectivity index (χ0n) is 15.6. The minimum Gasteiger partial charge on any atom is -0.483 e. The number of nitrogens with zero attached hydrogens (tertiary/aromatic N) is 2. The standard InChI is InChI=1S/C21H22F2N2O3/c1-15(18-7-6-17(22)12-19(18)23)24-8-10-25(11-9-24)21(27)14-28-20-5-3-2-4-16(20)13-26/h2-7,12-13,15H,8-11,14H2,1H3. The third-order valence-electron chi connectivity index (χ3n) is 5.02. The van der Waals surface area contributed by atoms with Crippen LogP contribution in [0.4, 0.5) is 8.78 Å². The third kappa shape index (κ3) is 4.54. The molecule has 1 atom stereocenters. The highest BCUT2D eigenvalue weighted by atomic mass is 19.1. The van der Waals surface area contributed by atoms with E-state index in [0.29, 0.717) is 49.3 Å². The van der Waals surface area contributed by atoms with E-state index in [0.717, 1.165) is 6.07 Å². The highest BCUT2D eigenvalue weighted by molar-refractivity contribution is 5.81. The van der Waals surface area contributed by atoms with Crippen molar-refractivity contribution in [3.8, 4) is 5.75 Å². The molecule has 1 fully saturated rings. The van der Waals surface area contributed by atoms with Gasteiger partial charge in [0, 0.05) is 43.9 Å². The fraction of sp³-hybridized carbons (Fsp3) is 0.333. The van der Waals surface area contributed by atoms with Crippen LogP contribution in [0.5, 0.6) is 5.75 Å². The van der Waals surface area contributed by atoms with Crippen LogP contribution in [0.3, 0.4) is 0 Å². The molecule has 1 saturated heterocycles. The summed E-state index contributed by atoms with van der Waals surface area (Å²) in [6.07, 6.45) is 0.689. The molecule has 1 heterocycles. The normalized spacial score (nSPS) is 15.9. The van der Waals surface area contributed by atoms with Gasteiger partial charge in [-0.1, -0.05) is 18.2 Å². The molecule has 0 aromatic heterocycles. The van der Waals surface area contributed by atoms with Gasteiger partial charge in [0.05, 0.1) is 5.56 Å². The molecule has 1 aliphatic heterocycles. The van der Waals surface area contributed by atoms with Gasteiger partial charge < -0.3 is 9.64 Å². The smallest absolute Gasteiger partial charge is 0.260 e. The molecule has 2 aromatic rings. The summed E-state index contributed by atoms with van der Waals surface area (Å²) in [7, 11) is 0. The number of carbonyl (C=O) groups is 2. The predicted molar refractivity (Wildman–Crippen MR) is 100 cm³/mol. The molecule has 0 aliphatic carbocycles. The molecular weight excluding hydrogens is 366 g/mol. The lowest BCUT2D eigenvalue weighted by Crippen LogP contribution is -2.50. The lowest BCUT2D eigenvalue weighted by molar-refractivity contribution is -0.135. The summed E-state index contributed by atoms with van der Waals surface area (Å²) in [5, 5.41) is 0. The van der Waals surface area contributed by atoms with Crippen LogP contribution >= 0.6 is 0 Å². The minimum atomic E-state index is -0.597. The number of aldehydes is 1. The molecule has 1 aliphatic rings. The second-order valence-corrected chi connectivity index (χ2v) is 6.70. The number of carbonyl (C=O) groups excluding carboxylic acids is 2. The Kier molecular flexibility index (Phi) is 6.36. The van der Waals surface area contributed by atoms with Crippen molar-refractivity contribution in [2.45, 2.75) is 13.0 Å². The maximum Gasteiger partial charge on any atom is 0.260 e. The van der Waals surface area contributed by atoms with E-state index in [1.807, 2.05) is 6.92 Å². The monoisotopic (exact) mass is 388 g/mol. The van der Waals surface area contributed by atoms with E-state index in [1.165, 1.54) is 12.1 Å². The number of hydrogen-bond donors (Lipinski definition) is 0. The Balaban J connectivity index is 1.53. The summed E-state index contributed by atoms with van der Waals surface area (Å²) in [4.78, 5) is 27.2. The molecule has 1 amide bonds. The third-order valence-corrected chi connectivity index (χ3v) is 5.02. The minimum absolute atomic E-state index is 0.146. The number of amides is 1. The maximum atomic E-state index is 14.0. The first-order valence-electron chi connectivity index (χ1n) is 9.13. The lowest BCUT2D eigenvalue weighted by Gasteiger charge is -2.38. The van der Waals surface area contributed by atoms with Crippen LogP contribution in [0.15, 0.2) is 42.5 Å². The van der Waals surface area contributed by atoms with Crippen LogP contribution in [0.25, 0.3) is 0 Å². The van der Waals surface area contributed by atoms with Crippen molar-refractivity contribution in [1.29, 1.82) is 0 Å². The van der Waals surface area contributed by atoms with E-state index in [4.69, 9.17) is 4.74 Å². The van der Waals surface area contributed by atoms with Crippen molar-refractivity contribution in [3.63, 3.8) is 0 Å². The Hall–Kier alpha value is -2.80. The van der Waals surface area contributed by atoms with E-state index in [1.54, 1.807) is 29.2 Å². The van der Waals surface area contributed by atoms with Crippen molar-refractivity contribution in [2.24, 2.45) is 0 Å². The quantitative estimate of drug-likeness (QED) is 0.714. The highest BCUT2D eigenvalue weighted by Gasteiger charge is 2.26. The first kappa shape index (κ1) is 19.9. The van der Waals surface area contributed by atoms with Crippen LogP contribution in [0.2, 0.25) is 0 Å². The average molecular weight is 388 g/mol. The van der Waals surface area contributed by atoms with Gasteiger partial charge in [0.1, 0.15) is 17.4 Å². The molecular formula is C21H22F2N2O3. The Morgan fingerprint density at radius 1 is 1.14 bits per heavy atom. The van der Waals surface area contributed by atoms with E-state index in [9.17, 15) is 18.4 Å². The maximum absolute atomic E-state index is 14.0. The Morgan fingerprint density at radius 3 is 2.54 bits per heavy atom. The molecule has 0 radical (unpaired) electrons. The van der Waals surface area contributed by atoms with Crippen LogP contribution in [0, 0.1) is 11.6 Å². The van der Waals surface area contributed by atoms with E-state index < -0.39 is 11.6 Å². The van der Waals surface area contributed by atoms with Crippen molar-refractivity contribution in [3.05, 3.63) is 65.2 Å². The van der Waals surface area contributed by atoms with Gasteiger partial charge in [-0.15, -0.1) is 0 Å². The molecule has 2 aromatic carbocycles. The Bertz CT molecular complexity index is 851. The molecule has 3 rings (SSSR count). The number of hydrogen-bond acceptors (Lipinski definition) is 4. The second-order valence-electron chi connectivity index (χ2n) is 6.70. The zero-order valence-corrected chi connectivity index (χ0v) is 15.6. The number of benzene rings is 2. The molecule has 0 spiro atoms. The fourth-order valence-electron chi connectivity index (χ4n) is 3.34. The number of piperazine rings is 1. The summed E-state index contributed by atoms with van der Waals surface area (Å²) in [6.45, 7) is 3.86. The molecule has 0 N–H and O–H groups in total. The summed E-state index contributed by atoms with van der Waals surface area (Å²) >= 11 is 0. The Morgan fingerprint density at radius 2 is 1.86 bits per heavy atom. The van der Waals surface area contributed by atoms with Crippen LogP contribution in [0.1, 0.15) is 28.9 Å². The molecule has 148 valence electrons. The SMILES string of the molecule is CC(c1ccc(F)cc1F)N1CCN(C(=O)COc2ccccc2C=O)CC1.